The number of hydrogen-bond acceptors (Lipinski definition) is 7. The second-order valence-corrected chi connectivity index (χ2v) is 11.1. The topological polar surface area (TPSA) is 133 Å². The van der Waals surface area contributed by atoms with Crippen molar-refractivity contribution in [2.75, 3.05) is 56.1 Å². The van der Waals surface area contributed by atoms with Crippen LogP contribution in [0.3, 0.4) is 0 Å². The van der Waals surface area contributed by atoms with E-state index in [2.05, 4.69) is 10.3 Å². The summed E-state index contributed by atoms with van der Waals surface area (Å²) in [7, 11) is -2.29. The lowest BCUT2D eigenvalue weighted by molar-refractivity contribution is 0.131. The summed E-state index contributed by atoms with van der Waals surface area (Å²) in [5.74, 6) is 0.743. The molecule has 0 saturated heterocycles. The van der Waals surface area contributed by atoms with E-state index in [0.717, 1.165) is 0 Å². The fraction of sp³-hybridized carbons (Fsp3) is 0.259. The van der Waals surface area contributed by atoms with Crippen LogP contribution in [-0.2, 0) is 14.8 Å². The van der Waals surface area contributed by atoms with Crippen LogP contribution in [0, 0.1) is 11.5 Å². The van der Waals surface area contributed by atoms with Crippen LogP contribution in [0.1, 0.15) is 0 Å². The van der Waals surface area contributed by atoms with Gasteiger partial charge < -0.3 is 25.4 Å². The van der Waals surface area contributed by atoms with E-state index in [1.54, 1.807) is 60.6 Å². The Labute approximate surface area is 244 Å². The van der Waals surface area contributed by atoms with E-state index in [1.807, 2.05) is 6.07 Å². The van der Waals surface area contributed by atoms with Gasteiger partial charge in [0, 0.05) is 30.2 Å². The zero-order chi connectivity index (χ0) is 29.0. The molecule has 0 amide bonds. The fourth-order valence-electron chi connectivity index (χ4n) is 3.53. The summed E-state index contributed by atoms with van der Waals surface area (Å²) in [6.45, 7) is 1.51. The summed E-state index contributed by atoms with van der Waals surface area (Å²) in [6, 6.07) is 20.1. The summed E-state index contributed by atoms with van der Waals surface area (Å²) in [4.78, 5) is 5.14. The second-order valence-electron chi connectivity index (χ2n) is 8.38. The molecule has 0 aliphatic heterocycles. The monoisotopic (exact) mass is 604 g/mol. The number of ether oxygens (including phenoxy) is 2. The third-order valence-corrected chi connectivity index (χ3v) is 7.97. The van der Waals surface area contributed by atoms with E-state index in [4.69, 9.17) is 43.7 Å². The molecule has 3 N–H and O–H groups in total. The molecule has 40 heavy (non-hydrogen) atoms. The fourth-order valence-corrected chi connectivity index (χ4v) is 5.25. The van der Waals surface area contributed by atoms with E-state index in [0.29, 0.717) is 46.9 Å². The van der Waals surface area contributed by atoms with Crippen LogP contribution in [-0.4, -0.2) is 65.8 Å². The smallest absolute Gasteiger partial charge is 0.264 e. The standard InChI is InChI=1S/C27H30Cl2N6O4S/c1-34(27(31)33-20-30)15-18-38-19-16-35(40(36,37)24-12-8-22(29)9-13-24)26-5-3-2-4-25(26)32-14-17-39-23-10-6-21(28)7-11-23/h2-13,32H,14-19H2,1H3,(H2,31,33). The van der Waals surface area contributed by atoms with Crippen LogP contribution in [0.2, 0.25) is 10.0 Å². The van der Waals surface area contributed by atoms with Gasteiger partial charge in [0.2, 0.25) is 12.2 Å². The Morgan fingerprint density at radius 3 is 2.27 bits per heavy atom. The van der Waals surface area contributed by atoms with Crippen molar-refractivity contribution in [1.82, 2.24) is 4.90 Å². The Bertz CT molecular complexity index is 1410. The number of benzene rings is 3. The number of nitriles is 1. The summed E-state index contributed by atoms with van der Waals surface area (Å²) in [6.07, 6.45) is 1.63. The Morgan fingerprint density at radius 2 is 1.60 bits per heavy atom. The maximum Gasteiger partial charge on any atom is 0.264 e. The summed E-state index contributed by atoms with van der Waals surface area (Å²) in [5, 5.41) is 13.0. The van der Waals surface area contributed by atoms with Gasteiger partial charge in [-0.25, -0.2) is 8.42 Å². The van der Waals surface area contributed by atoms with Gasteiger partial charge in [-0.2, -0.15) is 5.26 Å². The first kappa shape index (κ1) is 30.8. The molecule has 0 unspecified atom stereocenters. The van der Waals surface area contributed by atoms with Crippen molar-refractivity contribution in [1.29, 1.82) is 5.26 Å². The van der Waals surface area contributed by atoms with Gasteiger partial charge in [-0.15, -0.1) is 4.99 Å². The number of rotatable bonds is 14. The summed E-state index contributed by atoms with van der Waals surface area (Å²) >= 11 is 11.9. The minimum absolute atomic E-state index is 0.0381. The molecular weight excluding hydrogens is 575 g/mol. The van der Waals surface area contributed by atoms with Crippen molar-refractivity contribution in [3.05, 3.63) is 82.8 Å². The van der Waals surface area contributed by atoms with Crippen molar-refractivity contribution in [2.45, 2.75) is 4.90 Å². The van der Waals surface area contributed by atoms with Gasteiger partial charge >= 0.3 is 0 Å². The average Bonchev–Trinajstić information content (AvgIpc) is 2.94. The number of halogens is 2. The highest BCUT2D eigenvalue weighted by Crippen LogP contribution is 2.31. The summed E-state index contributed by atoms with van der Waals surface area (Å²) < 4.78 is 40.3. The van der Waals surface area contributed by atoms with Gasteiger partial charge in [0.25, 0.3) is 10.0 Å². The third-order valence-electron chi connectivity index (χ3n) is 5.64. The minimum Gasteiger partial charge on any atom is -0.492 e. The molecular formula is C27H30Cl2N6O4S. The Hall–Kier alpha value is -3.69. The molecule has 3 aromatic rings. The number of sulfonamides is 1. The van der Waals surface area contributed by atoms with Gasteiger partial charge in [-0.1, -0.05) is 35.3 Å². The largest absolute Gasteiger partial charge is 0.492 e. The van der Waals surface area contributed by atoms with Crippen LogP contribution in [0.15, 0.2) is 82.7 Å². The van der Waals surface area contributed by atoms with Crippen molar-refractivity contribution in [3.63, 3.8) is 0 Å². The molecule has 3 rings (SSSR count). The van der Waals surface area contributed by atoms with Gasteiger partial charge in [-0.3, -0.25) is 4.31 Å². The lowest BCUT2D eigenvalue weighted by Gasteiger charge is -2.27. The molecule has 0 aliphatic rings. The lowest BCUT2D eigenvalue weighted by Crippen LogP contribution is -2.37. The van der Waals surface area contributed by atoms with Gasteiger partial charge in [0.1, 0.15) is 12.4 Å². The average molecular weight is 606 g/mol. The Kier molecular flexibility index (Phi) is 11.7. The van der Waals surface area contributed by atoms with E-state index < -0.39 is 10.0 Å². The van der Waals surface area contributed by atoms with Crippen LogP contribution >= 0.6 is 23.2 Å². The highest BCUT2D eigenvalue weighted by Gasteiger charge is 2.26. The molecule has 0 aromatic heterocycles. The van der Waals surface area contributed by atoms with E-state index in [1.165, 1.54) is 28.6 Å². The van der Waals surface area contributed by atoms with Crippen LogP contribution in [0.4, 0.5) is 11.4 Å². The van der Waals surface area contributed by atoms with Crippen molar-refractivity contribution in [3.8, 4) is 11.9 Å². The first-order valence-corrected chi connectivity index (χ1v) is 14.4. The number of hydrogen-bond donors (Lipinski definition) is 2. The first-order chi connectivity index (χ1) is 19.2. The van der Waals surface area contributed by atoms with Gasteiger partial charge in [-0.05, 0) is 60.7 Å². The van der Waals surface area contributed by atoms with E-state index in [9.17, 15) is 8.42 Å². The molecule has 0 heterocycles. The zero-order valence-corrected chi connectivity index (χ0v) is 24.2. The highest BCUT2D eigenvalue weighted by molar-refractivity contribution is 7.92. The molecule has 212 valence electrons. The maximum absolute atomic E-state index is 13.8. The van der Waals surface area contributed by atoms with Crippen LogP contribution in [0.5, 0.6) is 5.75 Å². The number of nitrogens with two attached hydrogens (primary N) is 1. The number of guanidine groups is 1. The van der Waals surface area contributed by atoms with Crippen molar-refractivity contribution in [2.24, 2.45) is 10.7 Å². The molecule has 0 saturated carbocycles. The molecule has 0 spiro atoms. The summed E-state index contributed by atoms with van der Waals surface area (Å²) in [5.41, 5.74) is 6.75. The SMILES string of the molecule is CN(CCOCCN(c1ccccc1NCCOc1ccc(Cl)cc1)S(=O)(=O)c1ccc(Cl)cc1)C(N)=NC#N. The predicted octanol–water partition coefficient (Wildman–Crippen LogP) is 4.42. The molecule has 10 nitrogen and oxygen atoms in total. The third kappa shape index (κ3) is 8.93. The van der Waals surface area contributed by atoms with Crippen molar-refractivity contribution >= 4 is 50.6 Å². The van der Waals surface area contributed by atoms with E-state index >= 15 is 0 Å². The minimum atomic E-state index is -3.97. The maximum atomic E-state index is 13.8. The number of nitrogens with zero attached hydrogens (tertiary/aromatic N) is 4. The second kappa shape index (κ2) is 15.2. The number of likely N-dealkylation sites (N-methyl/N-ethyl adjacent to an activating group) is 1. The molecule has 0 radical (unpaired) electrons. The van der Waals surface area contributed by atoms with Gasteiger partial charge in [0.15, 0.2) is 0 Å². The number of aliphatic imine (C=N–C) groups is 1. The van der Waals surface area contributed by atoms with E-state index in [-0.39, 0.29) is 30.6 Å². The van der Waals surface area contributed by atoms with Crippen LogP contribution < -0.4 is 20.1 Å². The molecule has 3 aromatic carbocycles. The number of anilines is 2. The Morgan fingerprint density at radius 1 is 0.975 bits per heavy atom. The predicted molar refractivity (Wildman–Crippen MR) is 159 cm³/mol. The zero-order valence-electron chi connectivity index (χ0n) is 21.8. The number of nitrogens with one attached hydrogen (secondary N) is 1. The quantitative estimate of drug-likeness (QED) is 0.119. The van der Waals surface area contributed by atoms with Crippen molar-refractivity contribution < 1.29 is 17.9 Å². The first-order valence-electron chi connectivity index (χ1n) is 12.2. The van der Waals surface area contributed by atoms with Gasteiger partial charge in [0.05, 0.1) is 36.0 Å². The molecule has 0 aliphatic carbocycles. The Balaban J connectivity index is 1.73. The van der Waals surface area contributed by atoms with Crippen LogP contribution in [0.25, 0.3) is 0 Å². The molecule has 0 bridgehead atoms. The molecule has 0 fully saturated rings. The molecule has 13 heteroatoms. The normalized spacial score (nSPS) is 11.5. The number of para-hydroxylation sites is 2. The molecule has 0 atom stereocenters. The lowest BCUT2D eigenvalue weighted by atomic mass is 10.2. The highest BCUT2D eigenvalue weighted by atomic mass is 35.5.